The van der Waals surface area contributed by atoms with Gasteiger partial charge in [0.2, 0.25) is 0 Å². The van der Waals surface area contributed by atoms with Gasteiger partial charge in [-0.1, -0.05) is 18.2 Å². The molecule has 0 saturated heterocycles. The van der Waals surface area contributed by atoms with Crippen LogP contribution in [0.5, 0.6) is 0 Å². The molecule has 0 spiro atoms. The van der Waals surface area contributed by atoms with Gasteiger partial charge in [-0.25, -0.2) is 21.6 Å². The highest BCUT2D eigenvalue weighted by Gasteiger charge is 2.24. The molecule has 8 heteroatoms. The molecule has 23 heavy (non-hydrogen) atoms. The van der Waals surface area contributed by atoms with Crippen LogP contribution < -0.4 is 4.72 Å². The molecule has 0 amide bonds. The molecule has 0 aromatic heterocycles. The van der Waals surface area contributed by atoms with Crippen molar-refractivity contribution >= 4 is 15.7 Å². The minimum absolute atomic E-state index is 0.148. The standard InChI is InChI=1S/C15H14F3NO3S/c1-2-22-9-10-5-3-4-6-12(10)19-23(20,21)13-8-7-11(16)14(17)15(13)18/h3-8,19H,2,9H2,1H3. The maximum Gasteiger partial charge on any atom is 0.264 e. The highest BCUT2D eigenvalue weighted by molar-refractivity contribution is 7.92. The van der Waals surface area contributed by atoms with Crippen molar-refractivity contribution in [1.29, 1.82) is 0 Å². The van der Waals surface area contributed by atoms with Gasteiger partial charge in [0.1, 0.15) is 4.90 Å². The maximum absolute atomic E-state index is 13.7. The van der Waals surface area contributed by atoms with Gasteiger partial charge >= 0.3 is 0 Å². The first-order valence-corrected chi connectivity index (χ1v) is 8.17. The molecule has 0 heterocycles. The predicted octanol–water partition coefficient (Wildman–Crippen LogP) is 3.44. The first-order valence-electron chi connectivity index (χ1n) is 6.68. The van der Waals surface area contributed by atoms with Crippen LogP contribution in [0.15, 0.2) is 41.3 Å². The van der Waals surface area contributed by atoms with Crippen molar-refractivity contribution in [2.24, 2.45) is 0 Å². The summed E-state index contributed by atoms with van der Waals surface area (Å²) in [5.41, 5.74) is 0.700. The lowest BCUT2D eigenvalue weighted by atomic mass is 10.2. The molecule has 1 N–H and O–H groups in total. The van der Waals surface area contributed by atoms with Crippen LogP contribution in [0.4, 0.5) is 18.9 Å². The molecule has 0 aliphatic heterocycles. The summed E-state index contributed by atoms with van der Waals surface area (Å²) in [5.74, 6) is -5.06. The summed E-state index contributed by atoms with van der Waals surface area (Å²) in [6.07, 6.45) is 0. The number of nitrogens with one attached hydrogen (secondary N) is 1. The average Bonchev–Trinajstić information content (AvgIpc) is 2.51. The Bertz CT molecular complexity index is 810. The van der Waals surface area contributed by atoms with Gasteiger partial charge in [0.25, 0.3) is 10.0 Å². The summed E-state index contributed by atoms with van der Waals surface area (Å²) in [6.45, 7) is 2.36. The molecular formula is C15H14F3NO3S. The molecule has 0 radical (unpaired) electrons. The zero-order valence-corrected chi connectivity index (χ0v) is 13.0. The van der Waals surface area contributed by atoms with Gasteiger partial charge in [-0.05, 0) is 25.1 Å². The van der Waals surface area contributed by atoms with E-state index >= 15 is 0 Å². The van der Waals surface area contributed by atoms with Crippen LogP contribution in [0, 0.1) is 17.5 Å². The van der Waals surface area contributed by atoms with E-state index in [1.165, 1.54) is 6.07 Å². The third-order valence-electron chi connectivity index (χ3n) is 3.01. The lowest BCUT2D eigenvalue weighted by Gasteiger charge is -2.13. The molecule has 2 aromatic carbocycles. The third-order valence-corrected chi connectivity index (χ3v) is 4.40. The quantitative estimate of drug-likeness (QED) is 0.816. The topological polar surface area (TPSA) is 55.4 Å². The molecule has 2 rings (SSSR count). The van der Waals surface area contributed by atoms with E-state index in [-0.39, 0.29) is 12.3 Å². The van der Waals surface area contributed by atoms with Crippen LogP contribution in [0.3, 0.4) is 0 Å². The zero-order valence-electron chi connectivity index (χ0n) is 12.1. The Balaban J connectivity index is 2.38. The Morgan fingerprint density at radius 2 is 1.74 bits per heavy atom. The molecule has 0 aliphatic rings. The van der Waals surface area contributed by atoms with Crippen LogP contribution in [-0.4, -0.2) is 15.0 Å². The number of hydrogen-bond donors (Lipinski definition) is 1. The number of benzene rings is 2. The Morgan fingerprint density at radius 3 is 2.43 bits per heavy atom. The summed E-state index contributed by atoms with van der Waals surface area (Å²) >= 11 is 0. The van der Waals surface area contributed by atoms with Crippen LogP contribution in [-0.2, 0) is 21.4 Å². The molecule has 0 fully saturated rings. The van der Waals surface area contributed by atoms with Gasteiger partial charge in [0, 0.05) is 12.2 Å². The summed E-state index contributed by atoms with van der Waals surface area (Å²) in [6, 6.07) is 7.58. The van der Waals surface area contributed by atoms with Gasteiger partial charge in [0.05, 0.1) is 12.3 Å². The molecule has 0 atom stereocenters. The Hall–Kier alpha value is -2.06. The number of halogens is 3. The van der Waals surface area contributed by atoms with Gasteiger partial charge in [-0.3, -0.25) is 4.72 Å². The Morgan fingerprint density at radius 1 is 1.04 bits per heavy atom. The molecule has 0 saturated carbocycles. The number of sulfonamides is 1. The van der Waals surface area contributed by atoms with E-state index in [1.54, 1.807) is 25.1 Å². The van der Waals surface area contributed by atoms with E-state index in [9.17, 15) is 21.6 Å². The molecule has 4 nitrogen and oxygen atoms in total. The van der Waals surface area contributed by atoms with Crippen molar-refractivity contribution in [2.75, 3.05) is 11.3 Å². The summed E-state index contributed by atoms with van der Waals surface area (Å²) in [7, 11) is -4.42. The van der Waals surface area contributed by atoms with Crippen molar-refractivity contribution in [3.63, 3.8) is 0 Å². The van der Waals surface area contributed by atoms with E-state index in [0.717, 1.165) is 0 Å². The number of hydrogen-bond acceptors (Lipinski definition) is 3. The molecule has 0 aliphatic carbocycles. The fourth-order valence-electron chi connectivity index (χ4n) is 1.87. The normalized spacial score (nSPS) is 11.5. The SMILES string of the molecule is CCOCc1ccccc1NS(=O)(=O)c1ccc(F)c(F)c1F. The molecule has 0 unspecified atom stereocenters. The minimum Gasteiger partial charge on any atom is -0.377 e. The third kappa shape index (κ3) is 3.83. The largest absolute Gasteiger partial charge is 0.377 e. The van der Waals surface area contributed by atoms with Crippen LogP contribution in [0.2, 0.25) is 0 Å². The molecule has 124 valence electrons. The van der Waals surface area contributed by atoms with E-state index in [1.807, 2.05) is 0 Å². The van der Waals surface area contributed by atoms with E-state index in [2.05, 4.69) is 4.72 Å². The molecule has 2 aromatic rings. The predicted molar refractivity (Wildman–Crippen MR) is 78.9 cm³/mol. The Kier molecular flexibility index (Phi) is 5.27. The summed E-state index contributed by atoms with van der Waals surface area (Å²) < 4.78 is 71.7. The van der Waals surface area contributed by atoms with Gasteiger partial charge in [-0.15, -0.1) is 0 Å². The average molecular weight is 345 g/mol. The first-order chi connectivity index (χ1) is 10.9. The van der Waals surface area contributed by atoms with E-state index in [4.69, 9.17) is 4.74 Å². The van der Waals surface area contributed by atoms with Gasteiger partial charge < -0.3 is 4.74 Å². The first kappa shape index (κ1) is 17.3. The summed E-state index contributed by atoms with van der Waals surface area (Å²) in [5, 5.41) is 0. The van der Waals surface area contributed by atoms with Crippen molar-refractivity contribution in [3.8, 4) is 0 Å². The molecule has 0 bridgehead atoms. The number of anilines is 1. The highest BCUT2D eigenvalue weighted by atomic mass is 32.2. The van der Waals surface area contributed by atoms with Crippen molar-refractivity contribution in [3.05, 3.63) is 59.4 Å². The fourth-order valence-corrected chi connectivity index (χ4v) is 3.04. The number of ether oxygens (including phenoxy) is 1. The van der Waals surface area contributed by atoms with Gasteiger partial charge in [-0.2, -0.15) is 0 Å². The van der Waals surface area contributed by atoms with E-state index in [0.29, 0.717) is 24.3 Å². The van der Waals surface area contributed by atoms with Crippen LogP contribution >= 0.6 is 0 Å². The van der Waals surface area contributed by atoms with Crippen LogP contribution in [0.1, 0.15) is 12.5 Å². The number of rotatable bonds is 6. The second-order valence-corrected chi connectivity index (χ2v) is 6.22. The minimum atomic E-state index is -4.42. The lowest BCUT2D eigenvalue weighted by Crippen LogP contribution is -2.17. The fraction of sp³-hybridized carbons (Fsp3) is 0.200. The maximum atomic E-state index is 13.7. The Labute approximate surface area is 132 Å². The summed E-state index contributed by atoms with van der Waals surface area (Å²) in [4.78, 5) is -0.970. The van der Waals surface area contributed by atoms with Crippen molar-refractivity contribution in [2.45, 2.75) is 18.4 Å². The van der Waals surface area contributed by atoms with Crippen LogP contribution in [0.25, 0.3) is 0 Å². The van der Waals surface area contributed by atoms with E-state index < -0.39 is 32.4 Å². The molecular weight excluding hydrogens is 331 g/mol. The highest BCUT2D eigenvalue weighted by Crippen LogP contribution is 2.24. The monoisotopic (exact) mass is 345 g/mol. The number of para-hydroxylation sites is 1. The lowest BCUT2D eigenvalue weighted by molar-refractivity contribution is 0.134. The van der Waals surface area contributed by atoms with Crippen molar-refractivity contribution < 1.29 is 26.3 Å². The van der Waals surface area contributed by atoms with Crippen molar-refractivity contribution in [1.82, 2.24) is 0 Å². The second kappa shape index (κ2) is 7.01. The second-order valence-electron chi connectivity index (χ2n) is 4.57. The van der Waals surface area contributed by atoms with Gasteiger partial charge in [0.15, 0.2) is 17.5 Å². The smallest absolute Gasteiger partial charge is 0.264 e. The zero-order chi connectivity index (χ0) is 17.0.